The Morgan fingerprint density at radius 3 is 2.45 bits per heavy atom. The van der Waals surface area contributed by atoms with E-state index in [9.17, 15) is 4.79 Å². The highest BCUT2D eigenvalue weighted by molar-refractivity contribution is 5.89. The highest BCUT2D eigenvalue weighted by Crippen LogP contribution is 2.71. The first kappa shape index (κ1) is 25.6. The van der Waals surface area contributed by atoms with Gasteiger partial charge in [0.25, 0.3) is 0 Å². The number of hydrogen-bond donors (Lipinski definition) is 0. The van der Waals surface area contributed by atoms with E-state index in [1.54, 1.807) is 0 Å². The summed E-state index contributed by atoms with van der Waals surface area (Å²) in [5.74, 6) is 4.41. The molecular formula is C34H48O4. The number of benzene rings is 1. The van der Waals surface area contributed by atoms with Crippen LogP contribution in [0.25, 0.3) is 0 Å². The Morgan fingerprint density at radius 2 is 1.68 bits per heavy atom. The first-order valence-corrected chi connectivity index (χ1v) is 15.8. The fraction of sp³-hybridized carbons (Fsp3) is 0.794. The van der Waals surface area contributed by atoms with Gasteiger partial charge in [-0.2, -0.15) is 0 Å². The summed E-state index contributed by atoms with van der Waals surface area (Å²) in [5.41, 5.74) is 1.44. The minimum absolute atomic E-state index is 0.0701. The zero-order valence-corrected chi connectivity index (χ0v) is 24.0. The van der Waals surface area contributed by atoms with E-state index in [0.29, 0.717) is 46.2 Å². The largest absolute Gasteiger partial charge is 0.459 e. The normalized spacial score (nSPS) is 51.5. The molecule has 4 heteroatoms. The van der Waals surface area contributed by atoms with Crippen LogP contribution in [0.3, 0.4) is 0 Å². The molecule has 4 saturated carbocycles. The molecule has 1 aromatic carbocycles. The van der Waals surface area contributed by atoms with Gasteiger partial charge in [-0.05, 0) is 116 Å². The quantitative estimate of drug-likeness (QED) is 0.376. The molecule has 7 rings (SSSR count). The van der Waals surface area contributed by atoms with E-state index in [1.165, 1.54) is 44.9 Å². The van der Waals surface area contributed by atoms with Crippen LogP contribution in [-0.2, 0) is 14.2 Å². The Morgan fingerprint density at radius 1 is 0.895 bits per heavy atom. The van der Waals surface area contributed by atoms with Crippen LogP contribution < -0.4 is 0 Å². The molecule has 1 aromatic rings. The molecule has 6 aliphatic rings. The number of hydrogen-bond acceptors (Lipinski definition) is 4. The van der Waals surface area contributed by atoms with Gasteiger partial charge in [0.15, 0.2) is 5.79 Å². The van der Waals surface area contributed by atoms with Gasteiger partial charge in [0.1, 0.15) is 6.10 Å². The second-order valence-electron chi connectivity index (χ2n) is 14.8. The van der Waals surface area contributed by atoms with Crippen molar-refractivity contribution in [1.82, 2.24) is 0 Å². The van der Waals surface area contributed by atoms with Crippen molar-refractivity contribution in [3.8, 4) is 0 Å². The van der Waals surface area contributed by atoms with Crippen LogP contribution in [0.15, 0.2) is 30.3 Å². The molecule has 2 saturated heterocycles. The third-order valence-corrected chi connectivity index (χ3v) is 13.2. The molecule has 0 radical (unpaired) electrons. The Kier molecular flexibility index (Phi) is 6.10. The fourth-order valence-corrected chi connectivity index (χ4v) is 11.1. The van der Waals surface area contributed by atoms with Crippen LogP contribution in [0.4, 0.5) is 0 Å². The highest BCUT2D eigenvalue weighted by Gasteiger charge is 2.69. The van der Waals surface area contributed by atoms with E-state index in [2.05, 4.69) is 27.7 Å². The van der Waals surface area contributed by atoms with Gasteiger partial charge in [0.05, 0.1) is 18.3 Å². The van der Waals surface area contributed by atoms with Crippen LogP contribution >= 0.6 is 0 Å². The zero-order valence-electron chi connectivity index (χ0n) is 24.0. The molecule has 1 spiro atoms. The average molecular weight is 521 g/mol. The third kappa shape index (κ3) is 3.71. The van der Waals surface area contributed by atoms with E-state index in [4.69, 9.17) is 14.2 Å². The maximum absolute atomic E-state index is 12.7. The number of rotatable bonds is 2. The maximum atomic E-state index is 12.7. The molecule has 4 aliphatic carbocycles. The molecule has 6 fully saturated rings. The summed E-state index contributed by atoms with van der Waals surface area (Å²) in [6.45, 7) is 10.9. The molecule has 4 nitrogen and oxygen atoms in total. The Hall–Kier alpha value is -1.39. The van der Waals surface area contributed by atoms with Crippen molar-refractivity contribution < 1.29 is 19.0 Å². The van der Waals surface area contributed by atoms with Gasteiger partial charge in [-0.1, -0.05) is 45.9 Å². The van der Waals surface area contributed by atoms with Crippen molar-refractivity contribution in [1.29, 1.82) is 0 Å². The Bertz CT molecular complexity index is 1050. The number of carbonyl (C=O) groups excluding carboxylic acids is 1. The van der Waals surface area contributed by atoms with E-state index < -0.39 is 0 Å². The van der Waals surface area contributed by atoms with Crippen molar-refractivity contribution in [2.24, 2.45) is 52.3 Å². The monoisotopic (exact) mass is 520 g/mol. The number of carbonyl (C=O) groups is 1. The van der Waals surface area contributed by atoms with Gasteiger partial charge in [-0.15, -0.1) is 0 Å². The molecule has 0 aromatic heterocycles. The molecule has 0 bridgehead atoms. The maximum Gasteiger partial charge on any atom is 0.338 e. The van der Waals surface area contributed by atoms with Crippen LogP contribution in [0.1, 0.15) is 102 Å². The molecular weight excluding hydrogens is 472 g/mol. The zero-order chi connectivity index (χ0) is 26.3. The minimum atomic E-state index is -0.314. The van der Waals surface area contributed by atoms with E-state index in [-0.39, 0.29) is 17.9 Å². The first-order chi connectivity index (χ1) is 18.2. The molecule has 208 valence electrons. The van der Waals surface area contributed by atoms with Gasteiger partial charge in [0, 0.05) is 12.3 Å². The average Bonchev–Trinajstić information content (AvgIpc) is 3.36. The summed E-state index contributed by atoms with van der Waals surface area (Å²) >= 11 is 0. The van der Waals surface area contributed by atoms with E-state index in [1.807, 2.05) is 30.3 Å². The predicted octanol–water partition coefficient (Wildman–Crippen LogP) is 7.66. The summed E-state index contributed by atoms with van der Waals surface area (Å²) in [5, 5.41) is 0. The van der Waals surface area contributed by atoms with Gasteiger partial charge in [0.2, 0.25) is 0 Å². The smallest absolute Gasteiger partial charge is 0.338 e. The molecule has 38 heavy (non-hydrogen) atoms. The van der Waals surface area contributed by atoms with Crippen molar-refractivity contribution in [2.45, 2.75) is 110 Å². The number of esters is 1. The molecule has 0 amide bonds. The lowest BCUT2D eigenvalue weighted by molar-refractivity contribution is -0.273. The SMILES string of the molecule is C[C@H]1CC[C@]2(OC1)O[C@H]1C[C@H]3[C@@H]4CC[C@@H]5C[C@H](OC(=O)c6ccccc6)CC[C@]5(C)[C@@H]4CC[C@]3(C)[C@@H]1[C@@H]2C. The van der Waals surface area contributed by atoms with Crippen molar-refractivity contribution >= 4 is 5.97 Å². The van der Waals surface area contributed by atoms with Crippen LogP contribution in [-0.4, -0.2) is 30.6 Å². The van der Waals surface area contributed by atoms with Gasteiger partial charge >= 0.3 is 5.97 Å². The Balaban J connectivity index is 1.05. The van der Waals surface area contributed by atoms with Gasteiger partial charge in [-0.3, -0.25) is 0 Å². The molecule has 12 atom stereocenters. The first-order valence-electron chi connectivity index (χ1n) is 15.8. The lowest BCUT2D eigenvalue weighted by atomic mass is 9.44. The highest BCUT2D eigenvalue weighted by atomic mass is 16.7. The fourth-order valence-electron chi connectivity index (χ4n) is 11.1. The number of fused-ring (bicyclic) bond motifs is 7. The van der Waals surface area contributed by atoms with E-state index in [0.717, 1.165) is 43.6 Å². The number of ether oxygens (including phenoxy) is 3. The molecule has 0 N–H and O–H groups in total. The lowest BCUT2D eigenvalue weighted by Gasteiger charge is -2.61. The summed E-state index contributed by atoms with van der Waals surface area (Å²) in [7, 11) is 0. The van der Waals surface area contributed by atoms with Crippen molar-refractivity contribution in [3.05, 3.63) is 35.9 Å². The summed E-state index contributed by atoms with van der Waals surface area (Å²) in [4.78, 5) is 12.7. The van der Waals surface area contributed by atoms with Crippen LogP contribution in [0.5, 0.6) is 0 Å². The van der Waals surface area contributed by atoms with Gasteiger partial charge < -0.3 is 14.2 Å². The summed E-state index contributed by atoms with van der Waals surface area (Å²) < 4.78 is 19.5. The summed E-state index contributed by atoms with van der Waals surface area (Å²) in [6, 6.07) is 9.51. The third-order valence-electron chi connectivity index (χ3n) is 13.2. The topological polar surface area (TPSA) is 44.8 Å². The van der Waals surface area contributed by atoms with Crippen LogP contribution in [0.2, 0.25) is 0 Å². The predicted molar refractivity (Wildman–Crippen MR) is 147 cm³/mol. The summed E-state index contributed by atoms with van der Waals surface area (Å²) in [6.07, 6.45) is 12.6. The van der Waals surface area contributed by atoms with Crippen molar-refractivity contribution in [2.75, 3.05) is 6.61 Å². The lowest BCUT2D eigenvalue weighted by Crippen LogP contribution is -2.55. The second-order valence-corrected chi connectivity index (χ2v) is 14.8. The molecule has 0 unspecified atom stereocenters. The Labute approximate surface area is 229 Å². The van der Waals surface area contributed by atoms with Crippen molar-refractivity contribution in [3.63, 3.8) is 0 Å². The van der Waals surface area contributed by atoms with Crippen LogP contribution in [0, 0.1) is 52.3 Å². The van der Waals surface area contributed by atoms with E-state index >= 15 is 0 Å². The second kappa shape index (κ2) is 9.06. The molecule has 2 heterocycles. The molecule has 2 aliphatic heterocycles. The van der Waals surface area contributed by atoms with Gasteiger partial charge in [-0.25, -0.2) is 4.79 Å². The minimum Gasteiger partial charge on any atom is -0.459 e. The standard InChI is InChI=1S/C34H48O4/c1-21-12-17-34(36-20-21)22(2)30-29(38-34)19-28-26-11-10-24-18-25(37-31(35)23-8-6-5-7-9-23)13-15-32(24,3)27(26)14-16-33(28,30)4/h5-9,21-22,24-30H,10-20H2,1-4H3/t21-,22-,24+,25+,26+,27+,28-,29-,30+,32-,33-,34-/m0/s1.